The van der Waals surface area contributed by atoms with E-state index in [-0.39, 0.29) is 36.9 Å². The van der Waals surface area contributed by atoms with Gasteiger partial charge in [0.2, 0.25) is 0 Å². The third-order valence-electron chi connectivity index (χ3n) is 10.7. The molecule has 0 bridgehead atoms. The molecule has 0 aromatic rings. The maximum Gasteiger partial charge on any atom is 0.308 e. The van der Waals surface area contributed by atoms with E-state index in [1.54, 1.807) is 0 Å². The van der Waals surface area contributed by atoms with Gasteiger partial charge in [0.1, 0.15) is 11.6 Å². The van der Waals surface area contributed by atoms with Crippen molar-refractivity contribution in [3.05, 3.63) is 0 Å². The van der Waals surface area contributed by atoms with E-state index in [4.69, 9.17) is 4.74 Å². The molecule has 216 valence electrons. The van der Waals surface area contributed by atoms with Crippen molar-refractivity contribution < 1.29 is 29.3 Å². The van der Waals surface area contributed by atoms with Crippen LogP contribution in [-0.4, -0.2) is 47.6 Å². The molecule has 0 saturated heterocycles. The Balaban J connectivity index is 1.07. The third-order valence-corrected chi connectivity index (χ3v) is 10.7. The fraction of sp³-hybridized carbons (Fsp3) is 0.906. The zero-order chi connectivity index (χ0) is 26.9. The SMILES string of the molecule is O=C(CC1CCC(COC(=O)C2CCC(C(=O)CC3CCC(CO)CC3)CC2)CC1)C1CCC(CO)CC1. The van der Waals surface area contributed by atoms with Gasteiger partial charge >= 0.3 is 5.97 Å². The van der Waals surface area contributed by atoms with Crippen LogP contribution in [0, 0.1) is 47.3 Å². The smallest absolute Gasteiger partial charge is 0.308 e. The van der Waals surface area contributed by atoms with Gasteiger partial charge in [-0.1, -0.05) is 0 Å². The average molecular weight is 533 g/mol. The van der Waals surface area contributed by atoms with Gasteiger partial charge in [-0.3, -0.25) is 14.4 Å². The molecule has 0 radical (unpaired) electrons. The molecule has 6 heteroatoms. The molecule has 0 spiro atoms. The van der Waals surface area contributed by atoms with E-state index in [2.05, 4.69) is 0 Å². The number of carbonyl (C=O) groups excluding carboxylic acids is 3. The van der Waals surface area contributed by atoms with Crippen molar-refractivity contribution in [1.82, 2.24) is 0 Å². The fourth-order valence-corrected chi connectivity index (χ4v) is 7.76. The van der Waals surface area contributed by atoms with Gasteiger partial charge in [-0.25, -0.2) is 0 Å². The highest BCUT2D eigenvalue weighted by Gasteiger charge is 2.34. The molecule has 4 rings (SSSR count). The Hall–Kier alpha value is -1.27. The highest BCUT2D eigenvalue weighted by molar-refractivity contribution is 5.82. The summed E-state index contributed by atoms with van der Waals surface area (Å²) < 4.78 is 5.76. The van der Waals surface area contributed by atoms with Gasteiger partial charge in [-0.15, -0.1) is 0 Å². The number of rotatable bonds is 11. The Labute approximate surface area is 229 Å². The van der Waals surface area contributed by atoms with Crippen molar-refractivity contribution in [2.24, 2.45) is 47.3 Å². The first-order valence-corrected chi connectivity index (χ1v) is 15.9. The van der Waals surface area contributed by atoms with Gasteiger partial charge in [0, 0.05) is 37.9 Å². The lowest BCUT2D eigenvalue weighted by Gasteiger charge is -2.31. The Morgan fingerprint density at radius 2 is 0.816 bits per heavy atom. The Morgan fingerprint density at radius 1 is 0.474 bits per heavy atom. The van der Waals surface area contributed by atoms with Crippen LogP contribution in [0.1, 0.15) is 116 Å². The molecule has 2 N–H and O–H groups in total. The second-order valence-electron chi connectivity index (χ2n) is 13.4. The van der Waals surface area contributed by atoms with Gasteiger partial charge in [0.15, 0.2) is 0 Å². The van der Waals surface area contributed by atoms with Crippen LogP contribution < -0.4 is 0 Å². The summed E-state index contributed by atoms with van der Waals surface area (Å²) in [7, 11) is 0. The summed E-state index contributed by atoms with van der Waals surface area (Å²) in [6.07, 6.45) is 16.7. The molecule has 0 amide bonds. The van der Waals surface area contributed by atoms with E-state index in [0.29, 0.717) is 60.6 Å². The summed E-state index contributed by atoms with van der Waals surface area (Å²) >= 11 is 0. The molecular weight excluding hydrogens is 480 g/mol. The van der Waals surface area contributed by atoms with E-state index in [1.807, 2.05) is 0 Å². The van der Waals surface area contributed by atoms with E-state index in [9.17, 15) is 24.6 Å². The van der Waals surface area contributed by atoms with Gasteiger partial charge in [0.25, 0.3) is 0 Å². The van der Waals surface area contributed by atoms with Crippen LogP contribution in [0.3, 0.4) is 0 Å². The molecule has 38 heavy (non-hydrogen) atoms. The molecule has 4 saturated carbocycles. The first kappa shape index (κ1) is 29.7. The molecule has 4 fully saturated rings. The summed E-state index contributed by atoms with van der Waals surface area (Å²) in [6, 6.07) is 0. The minimum Gasteiger partial charge on any atom is -0.465 e. The molecule has 0 aromatic heterocycles. The summed E-state index contributed by atoms with van der Waals surface area (Å²) in [6.45, 7) is 1.03. The molecule has 0 heterocycles. The van der Waals surface area contributed by atoms with Crippen molar-refractivity contribution in [3.63, 3.8) is 0 Å². The number of hydrogen-bond donors (Lipinski definition) is 2. The highest BCUT2D eigenvalue weighted by Crippen LogP contribution is 2.37. The van der Waals surface area contributed by atoms with E-state index < -0.39 is 0 Å². The van der Waals surface area contributed by atoms with Crippen LogP contribution in [0.5, 0.6) is 0 Å². The molecule has 0 aliphatic heterocycles. The summed E-state index contributed by atoms with van der Waals surface area (Å²) in [4.78, 5) is 38.3. The normalized spacial score (nSPS) is 36.4. The topological polar surface area (TPSA) is 101 Å². The molecule has 0 unspecified atom stereocenters. The van der Waals surface area contributed by atoms with Crippen LogP contribution >= 0.6 is 0 Å². The van der Waals surface area contributed by atoms with Crippen molar-refractivity contribution >= 4 is 17.5 Å². The average Bonchev–Trinajstić information content (AvgIpc) is 2.97. The maximum atomic E-state index is 12.8. The van der Waals surface area contributed by atoms with Gasteiger partial charge in [-0.2, -0.15) is 0 Å². The van der Waals surface area contributed by atoms with Gasteiger partial charge in [0.05, 0.1) is 12.5 Å². The lowest BCUT2D eigenvalue weighted by atomic mass is 9.75. The summed E-state index contributed by atoms with van der Waals surface area (Å²) in [5.74, 6) is 3.17. The minimum atomic E-state index is -0.0750. The summed E-state index contributed by atoms with van der Waals surface area (Å²) in [5.41, 5.74) is 0. The molecule has 4 aliphatic rings. The highest BCUT2D eigenvalue weighted by atomic mass is 16.5. The van der Waals surface area contributed by atoms with Crippen LogP contribution in [0.15, 0.2) is 0 Å². The van der Waals surface area contributed by atoms with Crippen LogP contribution in [0.2, 0.25) is 0 Å². The first-order valence-electron chi connectivity index (χ1n) is 15.9. The number of esters is 1. The predicted molar refractivity (Wildman–Crippen MR) is 146 cm³/mol. The molecule has 0 atom stereocenters. The zero-order valence-electron chi connectivity index (χ0n) is 23.5. The van der Waals surface area contributed by atoms with Crippen LogP contribution in [0.4, 0.5) is 0 Å². The largest absolute Gasteiger partial charge is 0.465 e. The number of aliphatic hydroxyl groups is 2. The maximum absolute atomic E-state index is 12.8. The Morgan fingerprint density at radius 3 is 1.26 bits per heavy atom. The van der Waals surface area contributed by atoms with Gasteiger partial charge in [-0.05, 0) is 132 Å². The van der Waals surface area contributed by atoms with Crippen molar-refractivity contribution in [2.75, 3.05) is 19.8 Å². The first-order chi connectivity index (χ1) is 18.4. The van der Waals surface area contributed by atoms with E-state index >= 15 is 0 Å². The second kappa shape index (κ2) is 14.9. The quantitative estimate of drug-likeness (QED) is 0.333. The van der Waals surface area contributed by atoms with Crippen molar-refractivity contribution in [1.29, 1.82) is 0 Å². The molecule has 4 aliphatic carbocycles. The Kier molecular flexibility index (Phi) is 11.7. The standard InChI is InChI=1S/C32H52O6/c33-19-24-5-1-22(2-6-24)17-31(36)28-13-15-29(16-14-28)32(37)38-21-26-7-3-23(4-8-26)18-30(35)27-11-9-25(20-34)10-12-27/h22-29,33-34H,1-21H2. The van der Waals surface area contributed by atoms with E-state index in [1.165, 1.54) is 0 Å². The zero-order valence-corrected chi connectivity index (χ0v) is 23.5. The lowest BCUT2D eigenvalue weighted by Crippen LogP contribution is -2.30. The fourth-order valence-electron chi connectivity index (χ4n) is 7.76. The van der Waals surface area contributed by atoms with E-state index in [0.717, 1.165) is 103 Å². The lowest BCUT2D eigenvalue weighted by molar-refractivity contribution is -0.152. The van der Waals surface area contributed by atoms with Crippen molar-refractivity contribution in [3.8, 4) is 0 Å². The summed E-state index contributed by atoms with van der Waals surface area (Å²) in [5, 5.41) is 18.6. The number of aliphatic hydroxyl groups excluding tert-OH is 2. The molecular formula is C32H52O6. The minimum absolute atomic E-state index is 0.0612. The molecule has 6 nitrogen and oxygen atoms in total. The number of hydrogen-bond acceptors (Lipinski definition) is 6. The molecule has 0 aromatic carbocycles. The number of ketones is 2. The van der Waals surface area contributed by atoms with Crippen LogP contribution in [0.25, 0.3) is 0 Å². The monoisotopic (exact) mass is 532 g/mol. The van der Waals surface area contributed by atoms with Crippen molar-refractivity contribution in [2.45, 2.75) is 116 Å². The van der Waals surface area contributed by atoms with Gasteiger partial charge < -0.3 is 14.9 Å². The number of Topliss-reactive ketones (excluding diaryl/α,β-unsaturated/α-hetero) is 2. The number of carbonyl (C=O) groups is 3. The third kappa shape index (κ3) is 8.61. The number of ether oxygens (including phenoxy) is 1. The predicted octanol–water partition coefficient (Wildman–Crippen LogP) is 5.66. The van der Waals surface area contributed by atoms with Crippen LogP contribution in [-0.2, 0) is 19.1 Å². The Bertz CT molecular complexity index is 748. The second-order valence-corrected chi connectivity index (χ2v) is 13.4.